The first kappa shape index (κ1) is 42.4. The van der Waals surface area contributed by atoms with Crippen LogP contribution in [0.4, 0.5) is 0 Å². The molecule has 0 aliphatic carbocycles. The van der Waals surface area contributed by atoms with Gasteiger partial charge in [0.25, 0.3) is 0 Å². The zero-order valence-corrected chi connectivity index (χ0v) is 34.8. The molecule has 1 aliphatic rings. The van der Waals surface area contributed by atoms with E-state index in [4.69, 9.17) is 4.74 Å². The van der Waals surface area contributed by atoms with E-state index < -0.39 is 39.0 Å². The van der Waals surface area contributed by atoms with Gasteiger partial charge in [0.15, 0.2) is 5.41 Å². The van der Waals surface area contributed by atoms with Crippen LogP contribution in [-0.4, -0.2) is 56.4 Å². The van der Waals surface area contributed by atoms with Crippen LogP contribution < -0.4 is 0 Å². The van der Waals surface area contributed by atoms with Crippen molar-refractivity contribution in [2.75, 3.05) is 13.2 Å². The molecular weight excluding hydrogens is 638 g/mol. The van der Waals surface area contributed by atoms with Crippen LogP contribution in [0.15, 0.2) is 24.3 Å². The number of aromatic hydroxyl groups is 2. The van der Waals surface area contributed by atoms with Gasteiger partial charge in [0.05, 0.1) is 0 Å². The first-order valence-corrected chi connectivity index (χ1v) is 18.8. The number of aliphatic carboxylic acids is 1. The minimum atomic E-state index is -1.99. The number of hydrogen-bond donors (Lipinski definition) is 3. The average Bonchev–Trinajstić information content (AvgIpc) is 2.92. The molecule has 0 atom stereocenters. The number of nitrogens with zero attached hydrogens (tertiary/aromatic N) is 1. The maximum atomic E-state index is 14.6. The van der Waals surface area contributed by atoms with Gasteiger partial charge in [-0.05, 0) is 115 Å². The molecule has 0 spiro atoms. The lowest BCUT2D eigenvalue weighted by Gasteiger charge is -2.53. The van der Waals surface area contributed by atoms with E-state index in [9.17, 15) is 24.9 Å². The monoisotopic (exact) mass is 708 g/mol. The van der Waals surface area contributed by atoms with Crippen LogP contribution in [0.2, 0.25) is 0 Å². The Bertz CT molecular complexity index is 1430. The number of phenolic OH excluding ortho intramolecular Hbond substituents is 2. The van der Waals surface area contributed by atoms with Crippen LogP contribution in [0.1, 0.15) is 163 Å². The summed E-state index contributed by atoms with van der Waals surface area (Å²) in [6.45, 7) is 33.6. The van der Waals surface area contributed by atoms with E-state index in [1.54, 1.807) is 0 Å². The fourth-order valence-electron chi connectivity index (χ4n) is 8.04. The third-order valence-electron chi connectivity index (χ3n) is 11.0. The molecule has 7 nitrogen and oxygen atoms in total. The van der Waals surface area contributed by atoms with E-state index in [1.807, 2.05) is 107 Å². The van der Waals surface area contributed by atoms with Crippen molar-refractivity contribution in [3.8, 4) is 11.5 Å². The van der Waals surface area contributed by atoms with E-state index in [1.165, 1.54) is 0 Å². The molecule has 0 aromatic heterocycles. The van der Waals surface area contributed by atoms with Gasteiger partial charge in [-0.2, -0.15) is 0 Å². The Kier molecular flexibility index (Phi) is 11.7. The van der Waals surface area contributed by atoms with Crippen LogP contribution in [0.3, 0.4) is 0 Å². The summed E-state index contributed by atoms with van der Waals surface area (Å²) in [7, 11) is 0. The number of benzene rings is 2. The summed E-state index contributed by atoms with van der Waals surface area (Å²) < 4.78 is 6.08. The number of carboxylic acid groups (broad SMARTS) is 1. The predicted octanol–water partition coefficient (Wildman–Crippen LogP) is 9.73. The van der Waals surface area contributed by atoms with Crippen molar-refractivity contribution in [2.45, 2.75) is 176 Å². The SMILES string of the molecule is CC(C)(C)c1cc(CC(Cc2cc(C(C)(C)C)c(O)c(C(C)(C)C)c2)(C(=O)O)C(=O)OCCN2C(C)(C)CCCC2(C)C)cc(C(C)(C)C)c1O. The third-order valence-corrected chi connectivity index (χ3v) is 11.0. The normalized spacial score (nSPS) is 17.3. The number of esters is 1. The Labute approximate surface area is 309 Å². The molecule has 0 unspecified atom stereocenters. The third kappa shape index (κ3) is 9.30. The first-order valence-electron chi connectivity index (χ1n) is 18.8. The lowest BCUT2D eigenvalue weighted by atomic mass is 9.71. The molecule has 51 heavy (non-hydrogen) atoms. The Balaban J connectivity index is 2.26. The van der Waals surface area contributed by atoms with Gasteiger partial charge in [0.2, 0.25) is 0 Å². The van der Waals surface area contributed by atoms with Gasteiger partial charge in [-0.15, -0.1) is 0 Å². The molecule has 2 aromatic carbocycles. The number of carbonyl (C=O) groups excluding carboxylic acids is 1. The second kappa shape index (κ2) is 14.1. The number of hydrogen-bond acceptors (Lipinski definition) is 6. The highest BCUT2D eigenvalue weighted by Crippen LogP contribution is 2.44. The van der Waals surface area contributed by atoms with Gasteiger partial charge in [0.1, 0.15) is 18.1 Å². The molecule has 3 rings (SSSR count). The number of ether oxygens (including phenoxy) is 1. The fraction of sp³-hybridized carbons (Fsp3) is 0.682. The molecule has 0 bridgehead atoms. The number of rotatable bonds is 9. The number of carbonyl (C=O) groups is 2. The Morgan fingerprint density at radius 3 is 1.24 bits per heavy atom. The van der Waals surface area contributed by atoms with Gasteiger partial charge >= 0.3 is 11.9 Å². The van der Waals surface area contributed by atoms with Crippen LogP contribution in [0.5, 0.6) is 11.5 Å². The maximum Gasteiger partial charge on any atom is 0.324 e. The fourth-order valence-corrected chi connectivity index (χ4v) is 8.04. The van der Waals surface area contributed by atoms with Gasteiger partial charge < -0.3 is 20.1 Å². The van der Waals surface area contributed by atoms with Gasteiger partial charge in [-0.1, -0.05) is 107 Å². The Morgan fingerprint density at radius 2 is 0.961 bits per heavy atom. The highest BCUT2D eigenvalue weighted by Gasteiger charge is 2.49. The van der Waals surface area contributed by atoms with Crippen LogP contribution >= 0.6 is 0 Å². The summed E-state index contributed by atoms with van der Waals surface area (Å²) in [5.74, 6) is -1.67. The predicted molar refractivity (Wildman–Crippen MR) is 208 cm³/mol. The zero-order chi connectivity index (χ0) is 39.3. The van der Waals surface area contributed by atoms with E-state index >= 15 is 0 Å². The first-order chi connectivity index (χ1) is 22.8. The lowest BCUT2D eigenvalue weighted by Crippen LogP contribution is -2.59. The van der Waals surface area contributed by atoms with Crippen LogP contribution in [0, 0.1) is 5.41 Å². The summed E-state index contributed by atoms with van der Waals surface area (Å²) in [5, 5.41) is 34.2. The highest BCUT2D eigenvalue weighted by molar-refractivity contribution is 6.00. The largest absolute Gasteiger partial charge is 0.507 e. The number of likely N-dealkylation sites (tertiary alicyclic amines) is 1. The van der Waals surface area contributed by atoms with Crippen LogP contribution in [0.25, 0.3) is 0 Å². The van der Waals surface area contributed by atoms with Crippen molar-refractivity contribution in [1.29, 1.82) is 0 Å². The number of phenols is 2. The number of carboxylic acids is 1. The molecule has 286 valence electrons. The van der Waals surface area contributed by atoms with Crippen molar-refractivity contribution >= 4 is 11.9 Å². The molecular formula is C44H69NO6. The van der Waals surface area contributed by atoms with Gasteiger partial charge in [0, 0.05) is 17.6 Å². The standard InChI is InChI=1S/C44H69NO6/c1-38(2,3)30-22-28(23-31(34(30)46)39(4,5)6)26-44(36(48)49,37(50)51-21-20-45-42(13,14)18-17-19-43(45,15)16)27-29-24-32(40(7,8)9)35(47)33(25-29)41(10,11)12/h22-25,46-47H,17-21,26-27H2,1-16H3,(H,48,49). The summed E-state index contributed by atoms with van der Waals surface area (Å²) in [6, 6.07) is 7.41. The highest BCUT2D eigenvalue weighted by atomic mass is 16.5. The van der Waals surface area contributed by atoms with Gasteiger partial charge in [-0.25, -0.2) is 0 Å². The molecule has 7 heteroatoms. The quantitative estimate of drug-likeness (QED) is 0.176. The summed E-state index contributed by atoms with van der Waals surface area (Å²) in [6.07, 6.45) is 2.92. The van der Waals surface area contributed by atoms with E-state index in [2.05, 4.69) is 32.6 Å². The molecule has 1 heterocycles. The second-order valence-electron chi connectivity index (χ2n) is 20.6. The summed E-state index contributed by atoms with van der Waals surface area (Å²) in [5.41, 5.74) is 0.133. The molecule has 1 fully saturated rings. The molecule has 1 aliphatic heterocycles. The van der Waals surface area contributed by atoms with E-state index in [-0.39, 0.29) is 42.0 Å². The number of piperidine rings is 1. The maximum absolute atomic E-state index is 14.6. The molecule has 1 saturated heterocycles. The zero-order valence-electron chi connectivity index (χ0n) is 34.8. The van der Waals surface area contributed by atoms with Crippen molar-refractivity contribution in [3.05, 3.63) is 57.6 Å². The topological polar surface area (TPSA) is 107 Å². The van der Waals surface area contributed by atoms with Crippen molar-refractivity contribution in [1.82, 2.24) is 4.90 Å². The van der Waals surface area contributed by atoms with Crippen molar-refractivity contribution in [2.24, 2.45) is 5.41 Å². The molecule has 0 saturated carbocycles. The second-order valence-corrected chi connectivity index (χ2v) is 20.6. The summed E-state index contributed by atoms with van der Waals surface area (Å²) in [4.78, 5) is 30.8. The van der Waals surface area contributed by atoms with Crippen molar-refractivity contribution in [3.63, 3.8) is 0 Å². The molecule has 2 aromatic rings. The minimum Gasteiger partial charge on any atom is -0.507 e. The van der Waals surface area contributed by atoms with E-state index in [0.717, 1.165) is 19.3 Å². The Morgan fingerprint density at radius 1 is 0.647 bits per heavy atom. The average molecular weight is 708 g/mol. The lowest BCUT2D eigenvalue weighted by molar-refractivity contribution is -0.170. The van der Waals surface area contributed by atoms with E-state index in [0.29, 0.717) is 39.9 Å². The molecule has 0 radical (unpaired) electrons. The smallest absolute Gasteiger partial charge is 0.324 e. The minimum absolute atomic E-state index is 0.0623. The Hall–Kier alpha value is -3.06. The van der Waals surface area contributed by atoms with Crippen LogP contribution in [-0.2, 0) is 48.8 Å². The molecule has 3 N–H and O–H groups in total. The van der Waals surface area contributed by atoms with Gasteiger partial charge in [-0.3, -0.25) is 14.5 Å². The summed E-state index contributed by atoms with van der Waals surface area (Å²) >= 11 is 0. The molecule has 0 amide bonds. The van der Waals surface area contributed by atoms with Crippen molar-refractivity contribution < 1.29 is 29.6 Å².